The van der Waals surface area contributed by atoms with Gasteiger partial charge in [0.25, 0.3) is 0 Å². The van der Waals surface area contributed by atoms with Crippen molar-refractivity contribution in [3.63, 3.8) is 0 Å². The lowest BCUT2D eigenvalue weighted by Crippen LogP contribution is -2.33. The summed E-state index contributed by atoms with van der Waals surface area (Å²) < 4.78 is 0.900. The molecule has 96 valence electrons. The highest BCUT2D eigenvalue weighted by atomic mass is 79.9. The number of halogens is 1. The van der Waals surface area contributed by atoms with Gasteiger partial charge >= 0.3 is 0 Å². The van der Waals surface area contributed by atoms with Crippen LogP contribution in [-0.4, -0.2) is 22.6 Å². The van der Waals surface area contributed by atoms with Gasteiger partial charge in [0, 0.05) is 18.8 Å². The van der Waals surface area contributed by atoms with Crippen molar-refractivity contribution in [2.45, 2.75) is 46.1 Å². The summed E-state index contributed by atoms with van der Waals surface area (Å²) in [5.41, 5.74) is 5.65. The second-order valence-electron chi connectivity index (χ2n) is 4.39. The van der Waals surface area contributed by atoms with Gasteiger partial charge in [0.05, 0.1) is 4.47 Å². The van der Waals surface area contributed by atoms with Crippen molar-refractivity contribution in [3.8, 4) is 0 Å². The van der Waals surface area contributed by atoms with E-state index in [0.717, 1.165) is 16.8 Å². The molecule has 0 aromatic carbocycles. The molecule has 0 aliphatic carbocycles. The Morgan fingerprint density at radius 2 is 2.12 bits per heavy atom. The summed E-state index contributed by atoms with van der Waals surface area (Å²) in [6, 6.07) is 0.400. The van der Waals surface area contributed by atoms with E-state index < -0.39 is 0 Å². The van der Waals surface area contributed by atoms with Crippen molar-refractivity contribution >= 4 is 27.7 Å². The van der Waals surface area contributed by atoms with Crippen LogP contribution >= 0.6 is 15.9 Å². The highest BCUT2D eigenvalue weighted by molar-refractivity contribution is 9.10. The number of rotatable bonds is 6. The molecular weight excluding hydrogens is 280 g/mol. The topological polar surface area (TPSA) is 55.0 Å². The number of hydrogen-bond acceptors (Lipinski definition) is 4. The molecule has 1 heterocycles. The van der Waals surface area contributed by atoms with Gasteiger partial charge in [-0.1, -0.05) is 19.8 Å². The van der Waals surface area contributed by atoms with E-state index in [1.807, 2.05) is 0 Å². The van der Waals surface area contributed by atoms with E-state index in [-0.39, 0.29) is 0 Å². The molecule has 0 bridgehead atoms. The Morgan fingerprint density at radius 3 is 2.71 bits per heavy atom. The van der Waals surface area contributed by atoms with Gasteiger partial charge in [-0.15, -0.1) is 0 Å². The molecule has 17 heavy (non-hydrogen) atoms. The highest BCUT2D eigenvalue weighted by Crippen LogP contribution is 2.25. The first-order chi connectivity index (χ1) is 8.06. The van der Waals surface area contributed by atoms with Crippen LogP contribution in [-0.2, 0) is 0 Å². The molecule has 0 saturated heterocycles. The zero-order valence-electron chi connectivity index (χ0n) is 10.8. The Hall–Kier alpha value is -0.840. The second-order valence-corrected chi connectivity index (χ2v) is 5.25. The van der Waals surface area contributed by atoms with E-state index in [1.54, 1.807) is 6.20 Å². The lowest BCUT2D eigenvalue weighted by molar-refractivity contribution is 0.618. The van der Waals surface area contributed by atoms with Crippen molar-refractivity contribution in [1.29, 1.82) is 0 Å². The summed E-state index contributed by atoms with van der Waals surface area (Å²) in [5, 5.41) is 0. The SMILES string of the molecule is CCCCCN(c1nc(N)ncc1Br)C(C)C. The van der Waals surface area contributed by atoms with Crippen LogP contribution in [0.1, 0.15) is 40.0 Å². The number of anilines is 2. The van der Waals surface area contributed by atoms with Gasteiger partial charge in [-0.2, -0.15) is 4.98 Å². The quantitative estimate of drug-likeness (QED) is 0.820. The largest absolute Gasteiger partial charge is 0.368 e. The van der Waals surface area contributed by atoms with Crippen LogP contribution in [0.3, 0.4) is 0 Å². The van der Waals surface area contributed by atoms with Crippen molar-refractivity contribution in [3.05, 3.63) is 10.7 Å². The number of hydrogen-bond donors (Lipinski definition) is 1. The second kappa shape index (κ2) is 6.79. The fraction of sp³-hybridized carbons (Fsp3) is 0.667. The normalized spacial score (nSPS) is 10.9. The zero-order chi connectivity index (χ0) is 12.8. The maximum atomic E-state index is 5.65. The lowest BCUT2D eigenvalue weighted by Gasteiger charge is -2.28. The third kappa shape index (κ3) is 4.15. The van der Waals surface area contributed by atoms with Gasteiger partial charge in [0.2, 0.25) is 5.95 Å². The van der Waals surface area contributed by atoms with Crippen molar-refractivity contribution in [2.75, 3.05) is 17.2 Å². The first-order valence-corrected chi connectivity index (χ1v) is 6.90. The molecule has 0 amide bonds. The maximum absolute atomic E-state index is 5.65. The summed E-state index contributed by atoms with van der Waals surface area (Å²) in [7, 11) is 0. The Bertz CT molecular complexity index is 354. The Morgan fingerprint density at radius 1 is 1.41 bits per heavy atom. The molecule has 0 unspecified atom stereocenters. The molecule has 5 heteroatoms. The number of nitrogens with zero attached hydrogens (tertiary/aromatic N) is 3. The van der Waals surface area contributed by atoms with Gasteiger partial charge in [-0.05, 0) is 36.2 Å². The Balaban J connectivity index is 2.85. The first kappa shape index (κ1) is 14.2. The van der Waals surface area contributed by atoms with Gasteiger partial charge in [-0.25, -0.2) is 4.98 Å². The summed E-state index contributed by atoms with van der Waals surface area (Å²) >= 11 is 3.49. The number of unbranched alkanes of at least 4 members (excludes halogenated alkanes) is 2. The molecule has 1 rings (SSSR count). The molecule has 0 aliphatic heterocycles. The Kier molecular flexibility index (Phi) is 5.68. The fourth-order valence-electron chi connectivity index (χ4n) is 1.71. The van der Waals surface area contributed by atoms with Crippen LogP contribution in [0.4, 0.5) is 11.8 Å². The van der Waals surface area contributed by atoms with Crippen LogP contribution in [0, 0.1) is 0 Å². The lowest BCUT2D eigenvalue weighted by atomic mass is 10.2. The van der Waals surface area contributed by atoms with Crippen LogP contribution in [0.2, 0.25) is 0 Å². The smallest absolute Gasteiger partial charge is 0.222 e. The van der Waals surface area contributed by atoms with Crippen molar-refractivity contribution in [1.82, 2.24) is 9.97 Å². The number of nitrogen functional groups attached to an aromatic ring is 1. The van der Waals surface area contributed by atoms with Gasteiger partial charge in [0.1, 0.15) is 5.82 Å². The number of nitrogens with two attached hydrogens (primary N) is 1. The third-order valence-electron chi connectivity index (χ3n) is 2.64. The van der Waals surface area contributed by atoms with Crippen LogP contribution in [0.25, 0.3) is 0 Å². The minimum atomic E-state index is 0.323. The predicted octanol–water partition coefficient (Wildman–Crippen LogP) is 3.23. The van der Waals surface area contributed by atoms with E-state index in [2.05, 4.69) is 51.6 Å². The summed E-state index contributed by atoms with van der Waals surface area (Å²) in [4.78, 5) is 10.6. The molecule has 0 atom stereocenters. The molecular formula is C12H21BrN4. The fourth-order valence-corrected chi connectivity index (χ4v) is 2.13. The molecule has 0 radical (unpaired) electrons. The first-order valence-electron chi connectivity index (χ1n) is 6.11. The minimum absolute atomic E-state index is 0.323. The molecule has 0 aliphatic rings. The minimum Gasteiger partial charge on any atom is -0.368 e. The Labute approximate surface area is 112 Å². The third-order valence-corrected chi connectivity index (χ3v) is 3.20. The molecule has 4 nitrogen and oxygen atoms in total. The van der Waals surface area contributed by atoms with Gasteiger partial charge in [-0.3, -0.25) is 0 Å². The van der Waals surface area contributed by atoms with E-state index >= 15 is 0 Å². The van der Waals surface area contributed by atoms with Crippen molar-refractivity contribution < 1.29 is 0 Å². The monoisotopic (exact) mass is 300 g/mol. The van der Waals surface area contributed by atoms with Gasteiger partial charge < -0.3 is 10.6 Å². The highest BCUT2D eigenvalue weighted by Gasteiger charge is 2.15. The maximum Gasteiger partial charge on any atom is 0.222 e. The van der Waals surface area contributed by atoms with E-state index in [4.69, 9.17) is 5.73 Å². The molecule has 1 aromatic heterocycles. The molecule has 2 N–H and O–H groups in total. The molecule has 1 aromatic rings. The molecule has 0 fully saturated rings. The summed E-state index contributed by atoms with van der Waals surface area (Å²) in [6.45, 7) is 7.53. The van der Waals surface area contributed by atoms with E-state index in [9.17, 15) is 0 Å². The average Bonchev–Trinajstić information content (AvgIpc) is 2.28. The zero-order valence-corrected chi connectivity index (χ0v) is 12.4. The van der Waals surface area contributed by atoms with Crippen LogP contribution < -0.4 is 10.6 Å². The van der Waals surface area contributed by atoms with Gasteiger partial charge in [0.15, 0.2) is 0 Å². The predicted molar refractivity (Wildman–Crippen MR) is 76.2 cm³/mol. The van der Waals surface area contributed by atoms with Crippen molar-refractivity contribution in [2.24, 2.45) is 0 Å². The molecule has 0 saturated carbocycles. The van der Waals surface area contributed by atoms with E-state index in [1.165, 1.54) is 19.3 Å². The average molecular weight is 301 g/mol. The van der Waals surface area contributed by atoms with Crippen LogP contribution in [0.15, 0.2) is 10.7 Å². The number of aromatic nitrogens is 2. The van der Waals surface area contributed by atoms with E-state index in [0.29, 0.717) is 12.0 Å². The molecule has 0 spiro atoms. The standard InChI is InChI=1S/C12H21BrN4/c1-4-5-6-7-17(9(2)3)11-10(13)8-15-12(14)16-11/h8-9H,4-7H2,1-3H3,(H2,14,15,16). The van der Waals surface area contributed by atoms with Crippen LogP contribution in [0.5, 0.6) is 0 Å². The summed E-state index contributed by atoms with van der Waals surface area (Å²) in [5.74, 6) is 1.22. The summed E-state index contributed by atoms with van der Waals surface area (Å²) in [6.07, 6.45) is 5.35.